The number of hydrogen-bond donors (Lipinski definition) is 2. The summed E-state index contributed by atoms with van der Waals surface area (Å²) < 4.78 is 5.25. The average Bonchev–Trinajstić information content (AvgIpc) is 2.55. The first-order valence-corrected chi connectivity index (χ1v) is 6.36. The van der Waals surface area contributed by atoms with Gasteiger partial charge in [-0.05, 0) is 18.8 Å². The molecular weight excluding hydrogens is 236 g/mol. The first-order chi connectivity index (χ1) is 8.50. The molecule has 0 saturated carbocycles. The Morgan fingerprint density at radius 1 is 1.33 bits per heavy atom. The molecule has 2 amide bonds. The zero-order valence-corrected chi connectivity index (χ0v) is 11.0. The van der Waals surface area contributed by atoms with E-state index in [0.29, 0.717) is 32.7 Å². The highest BCUT2D eigenvalue weighted by Crippen LogP contribution is 2.06. The largest absolute Gasteiger partial charge is 0.480 e. The summed E-state index contributed by atoms with van der Waals surface area (Å²) in [6.45, 7) is 6.15. The van der Waals surface area contributed by atoms with Crippen molar-refractivity contribution >= 4 is 12.0 Å². The minimum Gasteiger partial charge on any atom is -0.480 e. The summed E-state index contributed by atoms with van der Waals surface area (Å²) in [7, 11) is 0. The van der Waals surface area contributed by atoms with E-state index >= 15 is 0 Å². The third kappa shape index (κ3) is 4.91. The van der Waals surface area contributed by atoms with E-state index < -0.39 is 12.0 Å². The number of carboxylic acid groups (broad SMARTS) is 1. The first kappa shape index (κ1) is 14.8. The van der Waals surface area contributed by atoms with Crippen LogP contribution in [0, 0.1) is 5.92 Å². The zero-order chi connectivity index (χ0) is 13.5. The average molecular weight is 258 g/mol. The second kappa shape index (κ2) is 7.20. The topological polar surface area (TPSA) is 78.9 Å². The number of hydrogen-bond acceptors (Lipinski definition) is 3. The molecule has 0 aromatic rings. The van der Waals surface area contributed by atoms with Gasteiger partial charge in [0.1, 0.15) is 6.04 Å². The van der Waals surface area contributed by atoms with Crippen LogP contribution in [0.1, 0.15) is 26.7 Å². The molecule has 0 aromatic carbocycles. The predicted molar refractivity (Wildman–Crippen MR) is 66.4 cm³/mol. The van der Waals surface area contributed by atoms with Crippen molar-refractivity contribution in [2.24, 2.45) is 5.92 Å². The van der Waals surface area contributed by atoms with Crippen LogP contribution in [0.4, 0.5) is 4.79 Å². The third-order valence-corrected chi connectivity index (χ3v) is 2.81. The Kier molecular flexibility index (Phi) is 5.91. The fraction of sp³-hybridized carbons (Fsp3) is 0.833. The molecular formula is C12H22N2O4. The highest BCUT2D eigenvalue weighted by Gasteiger charge is 2.24. The summed E-state index contributed by atoms with van der Waals surface area (Å²) in [5, 5.41) is 11.6. The summed E-state index contributed by atoms with van der Waals surface area (Å²) >= 11 is 0. The quantitative estimate of drug-likeness (QED) is 0.786. The molecule has 1 saturated heterocycles. The van der Waals surface area contributed by atoms with Gasteiger partial charge in [0.05, 0.1) is 6.61 Å². The van der Waals surface area contributed by atoms with Gasteiger partial charge in [-0.1, -0.05) is 13.8 Å². The maximum absolute atomic E-state index is 11.9. The Labute approximate surface area is 107 Å². The van der Waals surface area contributed by atoms with Gasteiger partial charge in [-0.2, -0.15) is 0 Å². The van der Waals surface area contributed by atoms with Crippen molar-refractivity contribution in [2.45, 2.75) is 32.7 Å². The van der Waals surface area contributed by atoms with Crippen LogP contribution in [0.2, 0.25) is 0 Å². The molecule has 1 heterocycles. The number of rotatable bonds is 4. The van der Waals surface area contributed by atoms with Gasteiger partial charge in [0.15, 0.2) is 0 Å². The summed E-state index contributed by atoms with van der Waals surface area (Å²) in [5.74, 6) is -0.762. The summed E-state index contributed by atoms with van der Waals surface area (Å²) in [6.07, 6.45) is 1.22. The van der Waals surface area contributed by atoms with E-state index in [-0.39, 0.29) is 11.9 Å². The Hall–Kier alpha value is -1.30. The van der Waals surface area contributed by atoms with Crippen LogP contribution in [0.15, 0.2) is 0 Å². The number of nitrogens with zero attached hydrogens (tertiary/aromatic N) is 1. The number of carbonyl (C=O) groups is 2. The standard InChI is InChI=1S/C12H22N2O4/c1-9(2)8-10(11(15)16)13-12(17)14-4-3-6-18-7-5-14/h9-10H,3-8H2,1-2H3,(H,13,17)(H,15,16)/t10-/m0/s1. The molecule has 0 spiro atoms. The molecule has 6 heteroatoms. The zero-order valence-electron chi connectivity index (χ0n) is 11.0. The van der Waals surface area contributed by atoms with E-state index in [9.17, 15) is 9.59 Å². The molecule has 2 N–H and O–H groups in total. The van der Waals surface area contributed by atoms with E-state index in [1.165, 1.54) is 0 Å². The second-order valence-electron chi connectivity index (χ2n) is 4.92. The predicted octanol–water partition coefficient (Wildman–Crippen LogP) is 0.918. The van der Waals surface area contributed by atoms with Gasteiger partial charge in [0, 0.05) is 19.7 Å². The van der Waals surface area contributed by atoms with Crippen molar-refractivity contribution in [2.75, 3.05) is 26.3 Å². The van der Waals surface area contributed by atoms with Gasteiger partial charge in [0.2, 0.25) is 0 Å². The number of carboxylic acids is 1. The highest BCUT2D eigenvalue weighted by molar-refractivity contribution is 5.82. The third-order valence-electron chi connectivity index (χ3n) is 2.81. The number of ether oxygens (including phenoxy) is 1. The maximum Gasteiger partial charge on any atom is 0.326 e. The minimum absolute atomic E-state index is 0.221. The van der Waals surface area contributed by atoms with Gasteiger partial charge >= 0.3 is 12.0 Å². The Bertz CT molecular complexity index is 286. The van der Waals surface area contributed by atoms with Crippen LogP contribution >= 0.6 is 0 Å². The van der Waals surface area contributed by atoms with Crippen LogP contribution in [-0.2, 0) is 9.53 Å². The van der Waals surface area contributed by atoms with Crippen molar-refractivity contribution in [3.8, 4) is 0 Å². The van der Waals surface area contributed by atoms with Crippen LogP contribution < -0.4 is 5.32 Å². The van der Waals surface area contributed by atoms with E-state index in [0.717, 1.165) is 6.42 Å². The molecule has 1 aliphatic rings. The van der Waals surface area contributed by atoms with Crippen LogP contribution in [0.5, 0.6) is 0 Å². The highest BCUT2D eigenvalue weighted by atomic mass is 16.5. The lowest BCUT2D eigenvalue weighted by Gasteiger charge is -2.23. The fourth-order valence-electron chi connectivity index (χ4n) is 1.88. The molecule has 0 unspecified atom stereocenters. The number of amides is 2. The van der Waals surface area contributed by atoms with E-state index in [1.807, 2.05) is 13.8 Å². The molecule has 1 aliphatic heterocycles. The van der Waals surface area contributed by atoms with Crippen molar-refractivity contribution in [1.82, 2.24) is 10.2 Å². The van der Waals surface area contributed by atoms with E-state index in [2.05, 4.69) is 5.32 Å². The summed E-state index contributed by atoms with van der Waals surface area (Å²) in [6, 6.07) is -1.13. The summed E-state index contributed by atoms with van der Waals surface area (Å²) in [5.41, 5.74) is 0. The smallest absolute Gasteiger partial charge is 0.326 e. The molecule has 0 radical (unpaired) electrons. The minimum atomic E-state index is -0.983. The molecule has 0 bridgehead atoms. The lowest BCUT2D eigenvalue weighted by atomic mass is 10.0. The van der Waals surface area contributed by atoms with Gasteiger partial charge in [-0.25, -0.2) is 9.59 Å². The number of urea groups is 1. The van der Waals surface area contributed by atoms with Gasteiger partial charge in [-0.3, -0.25) is 0 Å². The Morgan fingerprint density at radius 3 is 2.67 bits per heavy atom. The lowest BCUT2D eigenvalue weighted by Crippen LogP contribution is -2.49. The van der Waals surface area contributed by atoms with Crippen LogP contribution in [0.3, 0.4) is 0 Å². The molecule has 1 rings (SSSR count). The lowest BCUT2D eigenvalue weighted by molar-refractivity contribution is -0.139. The van der Waals surface area contributed by atoms with Crippen molar-refractivity contribution in [3.05, 3.63) is 0 Å². The molecule has 0 aliphatic carbocycles. The number of carbonyl (C=O) groups excluding carboxylic acids is 1. The molecule has 104 valence electrons. The Balaban J connectivity index is 2.51. The van der Waals surface area contributed by atoms with E-state index in [1.54, 1.807) is 4.90 Å². The van der Waals surface area contributed by atoms with E-state index in [4.69, 9.17) is 9.84 Å². The second-order valence-corrected chi connectivity index (χ2v) is 4.92. The maximum atomic E-state index is 11.9. The molecule has 1 atom stereocenters. The van der Waals surface area contributed by atoms with Crippen LogP contribution in [-0.4, -0.2) is 54.4 Å². The Morgan fingerprint density at radius 2 is 2.06 bits per heavy atom. The van der Waals surface area contributed by atoms with Crippen LogP contribution in [0.25, 0.3) is 0 Å². The molecule has 6 nitrogen and oxygen atoms in total. The monoisotopic (exact) mass is 258 g/mol. The van der Waals surface area contributed by atoms with Gasteiger partial charge < -0.3 is 20.1 Å². The number of nitrogens with one attached hydrogen (secondary N) is 1. The van der Waals surface area contributed by atoms with Crippen molar-refractivity contribution < 1.29 is 19.4 Å². The SMILES string of the molecule is CC(C)C[C@H](NC(=O)N1CCCOCC1)C(=O)O. The normalized spacial score (nSPS) is 18.3. The van der Waals surface area contributed by atoms with Gasteiger partial charge in [0.25, 0.3) is 0 Å². The van der Waals surface area contributed by atoms with Gasteiger partial charge in [-0.15, -0.1) is 0 Å². The molecule has 0 aromatic heterocycles. The summed E-state index contributed by atoms with van der Waals surface area (Å²) in [4.78, 5) is 24.6. The number of aliphatic carboxylic acids is 1. The van der Waals surface area contributed by atoms with Crippen molar-refractivity contribution in [3.63, 3.8) is 0 Å². The molecule has 18 heavy (non-hydrogen) atoms. The fourth-order valence-corrected chi connectivity index (χ4v) is 1.88. The molecule has 1 fully saturated rings. The first-order valence-electron chi connectivity index (χ1n) is 6.36. The van der Waals surface area contributed by atoms with Crippen molar-refractivity contribution in [1.29, 1.82) is 0 Å².